The summed E-state index contributed by atoms with van der Waals surface area (Å²) in [6, 6.07) is 13.5. The van der Waals surface area contributed by atoms with E-state index < -0.39 is 27.0 Å². The zero-order valence-corrected chi connectivity index (χ0v) is 18.4. The number of benzene rings is 2. The molecule has 0 bridgehead atoms. The Bertz CT molecular complexity index is 1180. The monoisotopic (exact) mass is 450 g/mol. The van der Waals surface area contributed by atoms with Gasteiger partial charge >= 0.3 is 5.97 Å². The fourth-order valence-corrected chi connectivity index (χ4v) is 4.18. The lowest BCUT2D eigenvalue weighted by molar-refractivity contribution is -0.136. The van der Waals surface area contributed by atoms with E-state index in [-0.39, 0.29) is 4.90 Å². The Kier molecular flexibility index (Phi) is 7.28. The fraction of sp³-hybridized carbons (Fsp3) is 0.238. The molecular formula is C21H23ClN2O5S. The fourth-order valence-electron chi connectivity index (χ4n) is 2.81. The summed E-state index contributed by atoms with van der Waals surface area (Å²) in [6.45, 7) is 3.13. The lowest BCUT2D eigenvalue weighted by atomic mass is 10.2. The minimum Gasteiger partial charge on any atom is -0.480 e. The summed E-state index contributed by atoms with van der Waals surface area (Å²) in [5, 5.41) is 8.86. The van der Waals surface area contributed by atoms with Gasteiger partial charge in [-0.05, 0) is 55.3 Å². The van der Waals surface area contributed by atoms with Gasteiger partial charge in [0.1, 0.15) is 5.69 Å². The molecule has 0 fully saturated rings. The third-order valence-electron chi connectivity index (χ3n) is 4.73. The molecule has 3 rings (SSSR count). The Labute approximate surface area is 180 Å². The second-order valence-corrected chi connectivity index (χ2v) is 9.38. The number of sulfone groups is 1. The number of halogens is 1. The highest BCUT2D eigenvalue weighted by atomic mass is 35.5. The summed E-state index contributed by atoms with van der Waals surface area (Å²) in [5.41, 5.74) is 7.68. The average Bonchev–Trinajstić information content (AvgIpc) is 3.03. The summed E-state index contributed by atoms with van der Waals surface area (Å²) < 4.78 is 25.3. The van der Waals surface area contributed by atoms with Gasteiger partial charge in [-0.1, -0.05) is 30.7 Å². The van der Waals surface area contributed by atoms with Crippen LogP contribution in [0.4, 0.5) is 0 Å². The second kappa shape index (κ2) is 9.32. The number of primary amides is 1. The normalized spacial score (nSPS) is 12.1. The quantitative estimate of drug-likeness (QED) is 0.617. The van der Waals surface area contributed by atoms with Crippen LogP contribution in [-0.4, -0.2) is 35.2 Å². The van der Waals surface area contributed by atoms with Crippen molar-refractivity contribution in [1.29, 1.82) is 0 Å². The number of hydrogen-bond acceptors (Lipinski definition) is 4. The number of carbonyl (C=O) groups is 2. The molecule has 3 N–H and O–H groups in total. The van der Waals surface area contributed by atoms with Crippen LogP contribution in [0.1, 0.15) is 29.9 Å². The van der Waals surface area contributed by atoms with Gasteiger partial charge in [0, 0.05) is 23.0 Å². The van der Waals surface area contributed by atoms with Crippen molar-refractivity contribution >= 4 is 44.2 Å². The van der Waals surface area contributed by atoms with Crippen LogP contribution < -0.4 is 5.73 Å². The highest BCUT2D eigenvalue weighted by molar-refractivity contribution is 7.92. The van der Waals surface area contributed by atoms with Crippen molar-refractivity contribution in [2.75, 3.05) is 0 Å². The van der Waals surface area contributed by atoms with Crippen LogP contribution in [0.25, 0.3) is 10.9 Å². The topological polar surface area (TPSA) is 119 Å². The molecule has 1 amide bonds. The number of aliphatic carboxylic acids is 1. The zero-order chi connectivity index (χ0) is 22.6. The van der Waals surface area contributed by atoms with Crippen LogP contribution in [0.15, 0.2) is 53.4 Å². The Morgan fingerprint density at radius 3 is 2.23 bits per heavy atom. The molecule has 160 valence electrons. The summed E-state index contributed by atoms with van der Waals surface area (Å²) >= 11 is 5.83. The van der Waals surface area contributed by atoms with Gasteiger partial charge in [0.05, 0.1) is 4.90 Å². The van der Waals surface area contributed by atoms with Gasteiger partial charge in [-0.2, -0.15) is 0 Å². The smallest absolute Gasteiger partial charge is 0.321 e. The summed E-state index contributed by atoms with van der Waals surface area (Å²) in [5.74, 6) is -1.76. The zero-order valence-electron chi connectivity index (χ0n) is 16.8. The van der Waals surface area contributed by atoms with E-state index >= 15 is 0 Å². The van der Waals surface area contributed by atoms with E-state index in [1.807, 2.05) is 19.1 Å². The standard InChI is InChI=1S/C11H14O4S.C10H9ClN2O/c1-3-9-4-6-10(7-5-9)16(14,15)8(2)11(12)13;1-13-8-3-2-7(11)4-6(8)5-9(13)10(12)14/h4-8H,3H2,1-2H3,(H,12,13);2-5H,1H3,(H2,12,14). The molecule has 0 spiro atoms. The van der Waals surface area contributed by atoms with Crippen molar-refractivity contribution in [2.24, 2.45) is 12.8 Å². The maximum Gasteiger partial charge on any atom is 0.321 e. The predicted octanol–water partition coefficient (Wildman–Crippen LogP) is 3.43. The number of amides is 1. The molecular weight excluding hydrogens is 428 g/mol. The molecule has 1 aromatic heterocycles. The predicted molar refractivity (Wildman–Crippen MR) is 117 cm³/mol. The molecule has 7 nitrogen and oxygen atoms in total. The van der Waals surface area contributed by atoms with E-state index in [1.165, 1.54) is 19.1 Å². The van der Waals surface area contributed by atoms with Gasteiger partial charge in [-0.15, -0.1) is 0 Å². The number of carbonyl (C=O) groups excluding carboxylic acids is 1. The molecule has 0 saturated carbocycles. The second-order valence-electron chi connectivity index (χ2n) is 6.68. The van der Waals surface area contributed by atoms with Gasteiger partial charge in [-0.25, -0.2) is 8.42 Å². The van der Waals surface area contributed by atoms with Crippen molar-refractivity contribution in [2.45, 2.75) is 30.4 Å². The van der Waals surface area contributed by atoms with E-state index in [0.717, 1.165) is 22.9 Å². The van der Waals surface area contributed by atoms with Crippen LogP contribution in [0.3, 0.4) is 0 Å². The molecule has 0 aliphatic carbocycles. The number of hydrogen-bond donors (Lipinski definition) is 2. The lowest BCUT2D eigenvalue weighted by Crippen LogP contribution is -2.26. The van der Waals surface area contributed by atoms with Crippen molar-refractivity contribution < 1.29 is 23.1 Å². The van der Waals surface area contributed by atoms with Crippen molar-refractivity contribution in [1.82, 2.24) is 4.57 Å². The van der Waals surface area contributed by atoms with Gasteiger partial charge in [0.25, 0.3) is 5.91 Å². The van der Waals surface area contributed by atoms with Gasteiger partial charge in [0.2, 0.25) is 0 Å². The minimum atomic E-state index is -3.76. The Balaban J connectivity index is 0.000000215. The van der Waals surface area contributed by atoms with Gasteiger partial charge in [-0.3, -0.25) is 9.59 Å². The number of nitrogens with zero attached hydrogens (tertiary/aromatic N) is 1. The Hall–Kier alpha value is -2.84. The van der Waals surface area contributed by atoms with Crippen LogP contribution >= 0.6 is 11.6 Å². The molecule has 1 unspecified atom stereocenters. The molecule has 2 aromatic carbocycles. The summed E-state index contributed by atoms with van der Waals surface area (Å²) in [4.78, 5) is 21.8. The summed E-state index contributed by atoms with van der Waals surface area (Å²) in [6.07, 6.45) is 0.814. The molecule has 9 heteroatoms. The first kappa shape index (κ1) is 23.4. The molecule has 0 radical (unpaired) electrons. The number of rotatable bonds is 5. The first-order valence-corrected chi connectivity index (χ1v) is 11.0. The van der Waals surface area contributed by atoms with E-state index in [0.29, 0.717) is 10.7 Å². The number of carboxylic acid groups (broad SMARTS) is 1. The lowest BCUT2D eigenvalue weighted by Gasteiger charge is -2.08. The average molecular weight is 451 g/mol. The number of aryl methyl sites for hydroxylation is 2. The van der Waals surface area contributed by atoms with Crippen LogP contribution in [0.2, 0.25) is 5.02 Å². The highest BCUT2D eigenvalue weighted by Gasteiger charge is 2.29. The molecule has 0 aliphatic heterocycles. The largest absolute Gasteiger partial charge is 0.480 e. The van der Waals surface area contributed by atoms with E-state index in [9.17, 15) is 18.0 Å². The van der Waals surface area contributed by atoms with Crippen LogP contribution in [-0.2, 0) is 28.1 Å². The molecule has 0 aliphatic rings. The number of nitrogens with two attached hydrogens (primary N) is 1. The highest BCUT2D eigenvalue weighted by Crippen LogP contribution is 2.22. The minimum absolute atomic E-state index is 0.0552. The maximum atomic E-state index is 11.8. The molecule has 3 aromatic rings. The van der Waals surface area contributed by atoms with E-state index in [2.05, 4.69) is 0 Å². The van der Waals surface area contributed by atoms with Crippen molar-refractivity contribution in [3.63, 3.8) is 0 Å². The van der Waals surface area contributed by atoms with E-state index in [4.69, 9.17) is 22.4 Å². The first-order valence-electron chi connectivity index (χ1n) is 9.09. The van der Waals surface area contributed by atoms with Crippen LogP contribution in [0.5, 0.6) is 0 Å². The van der Waals surface area contributed by atoms with E-state index in [1.54, 1.807) is 35.9 Å². The number of aromatic nitrogens is 1. The third kappa shape index (κ3) is 5.01. The maximum absolute atomic E-state index is 11.8. The SMILES string of the molecule is CCc1ccc(S(=O)(=O)C(C)C(=O)O)cc1.Cn1c(C(N)=O)cc2cc(Cl)ccc21. The number of fused-ring (bicyclic) bond motifs is 1. The summed E-state index contributed by atoms with van der Waals surface area (Å²) in [7, 11) is -1.96. The van der Waals surface area contributed by atoms with Gasteiger partial charge in [0.15, 0.2) is 15.1 Å². The van der Waals surface area contributed by atoms with Gasteiger partial charge < -0.3 is 15.4 Å². The first-order chi connectivity index (χ1) is 14.0. The third-order valence-corrected chi connectivity index (χ3v) is 7.03. The molecule has 30 heavy (non-hydrogen) atoms. The number of carboxylic acids is 1. The van der Waals surface area contributed by atoms with Crippen LogP contribution in [0, 0.1) is 0 Å². The van der Waals surface area contributed by atoms with Crippen molar-refractivity contribution in [3.05, 3.63) is 64.8 Å². The Morgan fingerprint density at radius 1 is 1.13 bits per heavy atom. The van der Waals surface area contributed by atoms with Crippen molar-refractivity contribution in [3.8, 4) is 0 Å². The Morgan fingerprint density at radius 2 is 1.73 bits per heavy atom. The molecule has 1 atom stereocenters. The molecule has 1 heterocycles. The molecule has 0 saturated heterocycles.